The molecular formula is C19H25N3O7. The van der Waals surface area contributed by atoms with E-state index in [1.165, 1.54) is 26.4 Å². The lowest BCUT2D eigenvalue weighted by Gasteiger charge is -2.30. The van der Waals surface area contributed by atoms with Gasteiger partial charge in [-0.25, -0.2) is 9.59 Å². The number of nitrogens with zero attached hydrogens (tertiary/aromatic N) is 1. The van der Waals surface area contributed by atoms with Crippen LogP contribution < -0.4 is 20.1 Å². The molecule has 1 aliphatic rings. The summed E-state index contributed by atoms with van der Waals surface area (Å²) in [6.07, 6.45) is -0.234. The maximum Gasteiger partial charge on any atom is 0.337 e. The van der Waals surface area contributed by atoms with E-state index < -0.39 is 23.0 Å². The van der Waals surface area contributed by atoms with Gasteiger partial charge in [-0.2, -0.15) is 0 Å². The number of rotatable bonds is 7. The van der Waals surface area contributed by atoms with Crippen molar-refractivity contribution in [1.29, 1.82) is 0 Å². The number of urea groups is 1. The number of allylic oxidation sites excluding steroid dienone is 1. The van der Waals surface area contributed by atoms with Crippen LogP contribution in [-0.4, -0.2) is 37.2 Å². The van der Waals surface area contributed by atoms with Crippen molar-refractivity contribution in [1.82, 2.24) is 10.6 Å². The Morgan fingerprint density at radius 1 is 1.17 bits per heavy atom. The second-order valence-corrected chi connectivity index (χ2v) is 6.99. The zero-order valence-corrected chi connectivity index (χ0v) is 17.2. The van der Waals surface area contributed by atoms with Gasteiger partial charge in [0, 0.05) is 5.70 Å². The second-order valence-electron chi connectivity index (χ2n) is 6.99. The lowest BCUT2D eigenvalue weighted by molar-refractivity contribution is -0.385. The van der Waals surface area contributed by atoms with Crippen LogP contribution in [0.25, 0.3) is 0 Å². The van der Waals surface area contributed by atoms with Crippen LogP contribution in [0.1, 0.15) is 39.3 Å². The average molecular weight is 407 g/mol. The molecule has 1 aliphatic heterocycles. The number of nitro groups is 1. The van der Waals surface area contributed by atoms with Crippen LogP contribution in [0.3, 0.4) is 0 Å². The Hall–Kier alpha value is -3.30. The standard InChI is InChI=1S/C19H25N3O7/c1-9(2)16-15(18(23)28-6)17(21-19(24)20-16)11-7-14(29-10(3)4)13(27-5)8-12(11)22(25)26/h7-10,17H,1-6H3,(H2,20,21,24). The van der Waals surface area contributed by atoms with E-state index in [-0.39, 0.29) is 40.3 Å². The molecule has 0 aliphatic carbocycles. The minimum Gasteiger partial charge on any atom is -0.493 e. The van der Waals surface area contributed by atoms with Crippen LogP contribution in [0.5, 0.6) is 11.5 Å². The number of hydrogen-bond donors (Lipinski definition) is 2. The van der Waals surface area contributed by atoms with Crippen molar-refractivity contribution in [2.75, 3.05) is 14.2 Å². The maximum absolute atomic E-state index is 12.5. The average Bonchev–Trinajstić information content (AvgIpc) is 2.65. The predicted molar refractivity (Wildman–Crippen MR) is 104 cm³/mol. The minimum atomic E-state index is -1.10. The van der Waals surface area contributed by atoms with Crippen molar-refractivity contribution in [3.05, 3.63) is 39.1 Å². The Bertz CT molecular complexity index is 862. The molecule has 2 N–H and O–H groups in total. The predicted octanol–water partition coefficient (Wildman–Crippen LogP) is 2.83. The van der Waals surface area contributed by atoms with Crippen molar-refractivity contribution in [3.63, 3.8) is 0 Å². The first-order chi connectivity index (χ1) is 13.6. The lowest BCUT2D eigenvalue weighted by Crippen LogP contribution is -2.47. The van der Waals surface area contributed by atoms with Gasteiger partial charge in [0.2, 0.25) is 0 Å². The first kappa shape index (κ1) is 22.0. The number of nitro benzene ring substituents is 1. The normalized spacial score (nSPS) is 16.4. The van der Waals surface area contributed by atoms with E-state index in [2.05, 4.69) is 10.6 Å². The summed E-state index contributed by atoms with van der Waals surface area (Å²) >= 11 is 0. The molecule has 0 aromatic heterocycles. The topological polar surface area (TPSA) is 129 Å². The van der Waals surface area contributed by atoms with E-state index in [0.29, 0.717) is 5.70 Å². The fourth-order valence-corrected chi connectivity index (χ4v) is 3.07. The van der Waals surface area contributed by atoms with Crippen LogP contribution in [0.4, 0.5) is 10.5 Å². The van der Waals surface area contributed by atoms with Crippen LogP contribution in [0, 0.1) is 16.0 Å². The van der Waals surface area contributed by atoms with Crippen molar-refractivity contribution in [2.24, 2.45) is 5.92 Å². The third-order valence-corrected chi connectivity index (χ3v) is 4.27. The van der Waals surface area contributed by atoms with Gasteiger partial charge in [0.05, 0.1) is 48.5 Å². The van der Waals surface area contributed by atoms with Crippen LogP contribution in [0.15, 0.2) is 23.4 Å². The van der Waals surface area contributed by atoms with E-state index >= 15 is 0 Å². The summed E-state index contributed by atoms with van der Waals surface area (Å²) in [5.74, 6) is -0.516. The summed E-state index contributed by atoms with van der Waals surface area (Å²) < 4.78 is 15.8. The number of nitrogens with one attached hydrogen (secondary N) is 2. The number of ether oxygens (including phenoxy) is 3. The van der Waals surface area contributed by atoms with E-state index in [1.54, 1.807) is 27.7 Å². The molecule has 10 heteroatoms. The highest BCUT2D eigenvalue weighted by Gasteiger charge is 2.38. The number of amides is 2. The monoisotopic (exact) mass is 407 g/mol. The fraction of sp³-hybridized carbons (Fsp3) is 0.474. The zero-order valence-electron chi connectivity index (χ0n) is 17.2. The summed E-state index contributed by atoms with van der Waals surface area (Å²) in [4.78, 5) is 35.9. The molecule has 0 saturated carbocycles. The Kier molecular flexibility index (Phi) is 6.68. The molecule has 0 radical (unpaired) electrons. The van der Waals surface area contributed by atoms with Crippen molar-refractivity contribution in [3.8, 4) is 11.5 Å². The van der Waals surface area contributed by atoms with E-state index in [9.17, 15) is 19.7 Å². The highest BCUT2D eigenvalue weighted by atomic mass is 16.6. The number of carbonyl (C=O) groups is 2. The Labute approximate surface area is 168 Å². The van der Waals surface area contributed by atoms with Crippen molar-refractivity contribution < 1.29 is 28.7 Å². The molecule has 1 atom stereocenters. The van der Waals surface area contributed by atoms with Gasteiger partial charge in [-0.1, -0.05) is 13.8 Å². The van der Waals surface area contributed by atoms with Crippen LogP contribution in [0.2, 0.25) is 0 Å². The Morgan fingerprint density at radius 3 is 2.31 bits per heavy atom. The van der Waals surface area contributed by atoms with Gasteiger partial charge in [0.25, 0.3) is 5.69 Å². The van der Waals surface area contributed by atoms with Gasteiger partial charge in [0.1, 0.15) is 0 Å². The third-order valence-electron chi connectivity index (χ3n) is 4.27. The molecule has 1 unspecified atom stereocenters. The SMILES string of the molecule is COC(=O)C1=C(C(C)C)NC(=O)NC1c1cc(OC(C)C)c(OC)cc1[N+](=O)[O-]. The lowest BCUT2D eigenvalue weighted by atomic mass is 9.90. The van der Waals surface area contributed by atoms with Gasteiger partial charge in [-0.3, -0.25) is 10.1 Å². The van der Waals surface area contributed by atoms with E-state index in [0.717, 1.165) is 0 Å². The summed E-state index contributed by atoms with van der Waals surface area (Å²) in [7, 11) is 2.57. The maximum atomic E-state index is 12.5. The summed E-state index contributed by atoms with van der Waals surface area (Å²) in [5.41, 5.74) is 0.183. The fourth-order valence-electron chi connectivity index (χ4n) is 3.07. The van der Waals surface area contributed by atoms with Crippen LogP contribution >= 0.6 is 0 Å². The molecular weight excluding hydrogens is 382 g/mol. The molecule has 0 bridgehead atoms. The Balaban J connectivity index is 2.80. The molecule has 0 saturated heterocycles. The summed E-state index contributed by atoms with van der Waals surface area (Å²) in [5, 5.41) is 16.9. The van der Waals surface area contributed by atoms with Gasteiger partial charge >= 0.3 is 12.0 Å². The van der Waals surface area contributed by atoms with Crippen molar-refractivity contribution >= 4 is 17.7 Å². The van der Waals surface area contributed by atoms with E-state index in [1.807, 2.05) is 0 Å². The molecule has 29 heavy (non-hydrogen) atoms. The van der Waals surface area contributed by atoms with Gasteiger partial charge in [-0.15, -0.1) is 0 Å². The van der Waals surface area contributed by atoms with Gasteiger partial charge in [0.15, 0.2) is 11.5 Å². The molecule has 0 fully saturated rings. The van der Waals surface area contributed by atoms with E-state index in [4.69, 9.17) is 14.2 Å². The zero-order chi connectivity index (χ0) is 21.9. The first-order valence-corrected chi connectivity index (χ1v) is 9.03. The first-order valence-electron chi connectivity index (χ1n) is 9.03. The number of esters is 1. The minimum absolute atomic E-state index is 0.0832. The molecule has 10 nitrogen and oxygen atoms in total. The molecule has 158 valence electrons. The van der Waals surface area contributed by atoms with Gasteiger partial charge < -0.3 is 24.8 Å². The van der Waals surface area contributed by atoms with Crippen LogP contribution in [-0.2, 0) is 9.53 Å². The molecule has 2 rings (SSSR count). The summed E-state index contributed by atoms with van der Waals surface area (Å²) in [6.45, 7) is 7.17. The molecule has 2 amide bonds. The molecule has 1 aromatic rings. The molecule has 1 aromatic carbocycles. The second kappa shape index (κ2) is 8.80. The smallest absolute Gasteiger partial charge is 0.337 e. The Morgan fingerprint density at radius 2 is 1.83 bits per heavy atom. The number of carbonyl (C=O) groups excluding carboxylic acids is 2. The summed E-state index contributed by atoms with van der Waals surface area (Å²) in [6, 6.07) is 0.941. The van der Waals surface area contributed by atoms with Gasteiger partial charge in [-0.05, 0) is 25.8 Å². The number of hydrogen-bond acceptors (Lipinski definition) is 7. The number of methoxy groups -OCH3 is 2. The number of benzene rings is 1. The molecule has 0 spiro atoms. The van der Waals surface area contributed by atoms with Crippen molar-refractivity contribution in [2.45, 2.75) is 39.8 Å². The molecule has 1 heterocycles. The largest absolute Gasteiger partial charge is 0.493 e. The third kappa shape index (κ3) is 4.58. The highest BCUT2D eigenvalue weighted by molar-refractivity contribution is 5.95. The highest BCUT2D eigenvalue weighted by Crippen LogP contribution is 2.41. The quantitative estimate of drug-likeness (QED) is 0.404.